The molecular weight excluding hydrogens is 252 g/mol. The van der Waals surface area contributed by atoms with Gasteiger partial charge in [-0.25, -0.2) is 0 Å². The fourth-order valence-corrected chi connectivity index (χ4v) is 2.52. The van der Waals surface area contributed by atoms with E-state index in [4.69, 9.17) is 18.0 Å². The minimum atomic E-state index is 0.606. The lowest BCUT2D eigenvalue weighted by Crippen LogP contribution is -2.25. The lowest BCUT2D eigenvalue weighted by Gasteiger charge is -2.24. The summed E-state index contributed by atoms with van der Waals surface area (Å²) in [6, 6.07) is 15.0. The van der Waals surface area contributed by atoms with Gasteiger partial charge in [-0.3, -0.25) is 0 Å². The first-order chi connectivity index (χ1) is 9.22. The van der Waals surface area contributed by atoms with E-state index in [0.717, 1.165) is 25.9 Å². The van der Waals surface area contributed by atoms with Crippen LogP contribution in [0, 0.1) is 0 Å². The van der Waals surface area contributed by atoms with E-state index in [2.05, 4.69) is 54.3 Å². The Morgan fingerprint density at radius 3 is 2.63 bits per heavy atom. The monoisotopic (exact) mass is 272 g/mol. The van der Waals surface area contributed by atoms with Crippen LogP contribution in [0.5, 0.6) is 0 Å². The minimum absolute atomic E-state index is 0.606. The Kier molecular flexibility index (Phi) is 4.74. The van der Waals surface area contributed by atoms with Crippen molar-refractivity contribution < 1.29 is 0 Å². The Labute approximate surface area is 120 Å². The standard InChI is InChI=1S/C16H20N2S/c1-2-18(12-6-11-16(17)19)15-10-5-8-13-7-3-4-9-14(13)15/h3-5,7-10H,2,6,11-12H2,1H3,(H2,17,19). The second-order valence-corrected chi connectivity index (χ2v) is 5.17. The maximum atomic E-state index is 5.56. The van der Waals surface area contributed by atoms with E-state index in [0.29, 0.717) is 4.99 Å². The second kappa shape index (κ2) is 6.53. The Morgan fingerprint density at radius 2 is 1.89 bits per heavy atom. The van der Waals surface area contributed by atoms with Crippen molar-refractivity contribution in [2.75, 3.05) is 18.0 Å². The third-order valence-electron chi connectivity index (χ3n) is 3.34. The fourth-order valence-electron chi connectivity index (χ4n) is 2.38. The molecule has 0 aromatic heterocycles. The molecule has 2 nitrogen and oxygen atoms in total. The van der Waals surface area contributed by atoms with Gasteiger partial charge in [-0.05, 0) is 31.2 Å². The van der Waals surface area contributed by atoms with Gasteiger partial charge in [-0.2, -0.15) is 0 Å². The summed E-state index contributed by atoms with van der Waals surface area (Å²) in [5, 5.41) is 2.59. The highest BCUT2D eigenvalue weighted by molar-refractivity contribution is 7.80. The zero-order valence-electron chi connectivity index (χ0n) is 11.3. The number of rotatable bonds is 6. The number of anilines is 1. The number of fused-ring (bicyclic) bond motifs is 1. The van der Waals surface area contributed by atoms with Gasteiger partial charge in [0.1, 0.15) is 0 Å². The number of benzene rings is 2. The summed E-state index contributed by atoms with van der Waals surface area (Å²) in [5.41, 5.74) is 6.86. The van der Waals surface area contributed by atoms with Crippen LogP contribution in [-0.2, 0) is 0 Å². The molecule has 0 spiro atoms. The molecule has 0 amide bonds. The number of nitrogens with zero attached hydrogens (tertiary/aromatic N) is 1. The Hall–Kier alpha value is -1.61. The molecule has 3 heteroatoms. The second-order valence-electron chi connectivity index (χ2n) is 4.65. The summed E-state index contributed by atoms with van der Waals surface area (Å²) in [4.78, 5) is 3.00. The molecule has 0 saturated carbocycles. The van der Waals surface area contributed by atoms with E-state index in [1.165, 1.54) is 16.5 Å². The Balaban J connectivity index is 2.22. The van der Waals surface area contributed by atoms with Crippen LogP contribution in [0.3, 0.4) is 0 Å². The van der Waals surface area contributed by atoms with Crippen molar-refractivity contribution in [2.24, 2.45) is 5.73 Å². The fraction of sp³-hybridized carbons (Fsp3) is 0.312. The highest BCUT2D eigenvalue weighted by Crippen LogP contribution is 2.26. The molecule has 0 aliphatic rings. The van der Waals surface area contributed by atoms with Gasteiger partial charge in [0, 0.05) is 24.2 Å². The molecule has 0 bridgehead atoms. The third kappa shape index (κ3) is 3.44. The summed E-state index contributed by atoms with van der Waals surface area (Å²) in [5.74, 6) is 0. The predicted octanol–water partition coefficient (Wildman–Crippen LogP) is 3.73. The van der Waals surface area contributed by atoms with E-state index < -0.39 is 0 Å². The van der Waals surface area contributed by atoms with Crippen molar-refractivity contribution in [1.29, 1.82) is 0 Å². The van der Waals surface area contributed by atoms with Crippen LogP contribution in [0.4, 0.5) is 5.69 Å². The van der Waals surface area contributed by atoms with Crippen molar-refractivity contribution >= 4 is 33.7 Å². The molecule has 2 aromatic rings. The number of hydrogen-bond acceptors (Lipinski definition) is 2. The maximum Gasteiger partial charge on any atom is 0.0728 e. The smallest absolute Gasteiger partial charge is 0.0728 e. The first kappa shape index (κ1) is 13.8. The average Bonchev–Trinajstić information content (AvgIpc) is 2.43. The Morgan fingerprint density at radius 1 is 1.16 bits per heavy atom. The molecule has 0 aliphatic heterocycles. The molecule has 0 unspecified atom stereocenters. The maximum absolute atomic E-state index is 5.56. The zero-order valence-corrected chi connectivity index (χ0v) is 12.1. The van der Waals surface area contributed by atoms with Crippen LogP contribution in [-0.4, -0.2) is 18.1 Å². The average molecular weight is 272 g/mol. The topological polar surface area (TPSA) is 29.3 Å². The highest BCUT2D eigenvalue weighted by atomic mass is 32.1. The van der Waals surface area contributed by atoms with E-state index in [9.17, 15) is 0 Å². The van der Waals surface area contributed by atoms with Crippen LogP contribution in [0.2, 0.25) is 0 Å². The first-order valence-corrected chi connectivity index (χ1v) is 7.14. The summed E-state index contributed by atoms with van der Waals surface area (Å²) >= 11 is 4.94. The van der Waals surface area contributed by atoms with E-state index >= 15 is 0 Å². The molecule has 0 heterocycles. The molecule has 0 aliphatic carbocycles. The third-order valence-corrected chi connectivity index (χ3v) is 3.54. The van der Waals surface area contributed by atoms with Gasteiger partial charge in [0.15, 0.2) is 0 Å². The zero-order chi connectivity index (χ0) is 13.7. The largest absolute Gasteiger partial charge is 0.393 e. The first-order valence-electron chi connectivity index (χ1n) is 6.73. The van der Waals surface area contributed by atoms with Crippen LogP contribution in [0.15, 0.2) is 42.5 Å². The molecular formula is C16H20N2S. The predicted molar refractivity (Wildman–Crippen MR) is 87.9 cm³/mol. The van der Waals surface area contributed by atoms with Gasteiger partial charge in [-0.15, -0.1) is 0 Å². The molecule has 2 N–H and O–H groups in total. The van der Waals surface area contributed by atoms with Crippen LogP contribution in [0.25, 0.3) is 10.8 Å². The van der Waals surface area contributed by atoms with E-state index in [1.807, 2.05) is 0 Å². The van der Waals surface area contributed by atoms with Gasteiger partial charge >= 0.3 is 0 Å². The van der Waals surface area contributed by atoms with Gasteiger partial charge < -0.3 is 10.6 Å². The van der Waals surface area contributed by atoms with Gasteiger partial charge in [0.25, 0.3) is 0 Å². The van der Waals surface area contributed by atoms with Gasteiger partial charge in [0.2, 0.25) is 0 Å². The normalized spacial score (nSPS) is 10.6. The van der Waals surface area contributed by atoms with Crippen molar-refractivity contribution in [3.63, 3.8) is 0 Å². The molecule has 19 heavy (non-hydrogen) atoms. The number of thiocarbonyl (C=S) groups is 1. The SMILES string of the molecule is CCN(CCCC(N)=S)c1cccc2ccccc12. The molecule has 100 valence electrons. The molecule has 0 radical (unpaired) electrons. The van der Waals surface area contributed by atoms with E-state index in [1.54, 1.807) is 0 Å². The van der Waals surface area contributed by atoms with Crippen molar-refractivity contribution in [3.8, 4) is 0 Å². The highest BCUT2D eigenvalue weighted by Gasteiger charge is 2.07. The lowest BCUT2D eigenvalue weighted by atomic mass is 10.1. The summed E-state index contributed by atoms with van der Waals surface area (Å²) < 4.78 is 0. The van der Waals surface area contributed by atoms with Crippen LogP contribution < -0.4 is 10.6 Å². The Bertz CT molecular complexity index is 560. The molecule has 2 rings (SSSR count). The number of hydrogen-bond donors (Lipinski definition) is 1. The summed E-state index contributed by atoms with van der Waals surface area (Å²) in [7, 11) is 0. The minimum Gasteiger partial charge on any atom is -0.393 e. The summed E-state index contributed by atoms with van der Waals surface area (Å²) in [6.07, 6.45) is 1.82. The molecule has 0 fully saturated rings. The van der Waals surface area contributed by atoms with Crippen LogP contribution >= 0.6 is 12.2 Å². The van der Waals surface area contributed by atoms with Gasteiger partial charge in [-0.1, -0.05) is 48.6 Å². The number of nitrogens with two attached hydrogens (primary N) is 1. The quantitative estimate of drug-likeness (QED) is 0.812. The molecule has 0 saturated heterocycles. The molecule has 2 aromatic carbocycles. The summed E-state index contributed by atoms with van der Waals surface area (Å²) in [6.45, 7) is 4.16. The van der Waals surface area contributed by atoms with Crippen molar-refractivity contribution in [2.45, 2.75) is 19.8 Å². The lowest BCUT2D eigenvalue weighted by molar-refractivity contribution is 0.771. The van der Waals surface area contributed by atoms with E-state index in [-0.39, 0.29) is 0 Å². The van der Waals surface area contributed by atoms with Crippen molar-refractivity contribution in [3.05, 3.63) is 42.5 Å². The van der Waals surface area contributed by atoms with Crippen LogP contribution in [0.1, 0.15) is 19.8 Å². The molecule has 0 atom stereocenters. The van der Waals surface area contributed by atoms with Crippen molar-refractivity contribution in [1.82, 2.24) is 0 Å². The van der Waals surface area contributed by atoms with Gasteiger partial charge in [0.05, 0.1) is 4.99 Å².